The highest BCUT2D eigenvalue weighted by atomic mass is 32.2. The molecule has 3 aromatic rings. The van der Waals surface area contributed by atoms with Crippen LogP contribution in [-0.4, -0.2) is 8.42 Å². The summed E-state index contributed by atoms with van der Waals surface area (Å²) in [5.74, 6) is 1.03. The summed E-state index contributed by atoms with van der Waals surface area (Å²) in [4.78, 5) is 0.665. The molecule has 0 saturated carbocycles. The molecule has 1 heterocycles. The predicted molar refractivity (Wildman–Crippen MR) is 89.4 cm³/mol. The lowest BCUT2D eigenvalue weighted by molar-refractivity contribution is 0.538. The zero-order valence-electron chi connectivity index (χ0n) is 12.8. The smallest absolute Gasteiger partial charge is 0.206 e. The van der Waals surface area contributed by atoms with Crippen LogP contribution in [0.4, 0.5) is 0 Å². The molecular formula is C19H18O3S. The molecule has 0 N–H and O–H groups in total. The van der Waals surface area contributed by atoms with Crippen molar-refractivity contribution < 1.29 is 12.8 Å². The van der Waals surface area contributed by atoms with Crippen LogP contribution in [-0.2, 0) is 22.7 Å². The first kappa shape index (κ1) is 14.5. The first-order chi connectivity index (χ1) is 11.2. The van der Waals surface area contributed by atoms with Crippen LogP contribution in [0.3, 0.4) is 0 Å². The second-order valence-electron chi connectivity index (χ2n) is 6.04. The zero-order valence-corrected chi connectivity index (χ0v) is 13.6. The maximum absolute atomic E-state index is 12.8. The zero-order chi connectivity index (χ0) is 15.9. The van der Waals surface area contributed by atoms with Crippen molar-refractivity contribution in [2.75, 3.05) is 0 Å². The molecule has 0 unspecified atom stereocenters. The minimum Gasteiger partial charge on any atom is -0.461 e. The van der Waals surface area contributed by atoms with Crippen molar-refractivity contribution in [3.8, 4) is 0 Å². The molecule has 2 aromatic carbocycles. The molecule has 4 heteroatoms. The van der Waals surface area contributed by atoms with E-state index in [0.717, 1.165) is 42.4 Å². The molecule has 0 atom stereocenters. The SMILES string of the molecule is O=S(=O)(c1ccccc1)c1ccc2oc3c(c2c1)CCCCC3. The Kier molecular flexibility index (Phi) is 3.49. The van der Waals surface area contributed by atoms with E-state index < -0.39 is 9.84 Å². The van der Waals surface area contributed by atoms with Crippen LogP contribution in [0.25, 0.3) is 11.0 Å². The van der Waals surface area contributed by atoms with E-state index in [0.29, 0.717) is 9.79 Å². The number of sulfone groups is 1. The van der Waals surface area contributed by atoms with Gasteiger partial charge in [0.1, 0.15) is 11.3 Å². The molecule has 1 aliphatic carbocycles. The van der Waals surface area contributed by atoms with Gasteiger partial charge in [0.15, 0.2) is 0 Å². The summed E-state index contributed by atoms with van der Waals surface area (Å²) in [7, 11) is -3.49. The standard InChI is InChI=1S/C19H18O3S/c20-23(21,14-7-3-1-4-8-14)15-11-12-19-17(13-15)16-9-5-2-6-10-18(16)22-19/h1,3-4,7-8,11-13H,2,5-6,9-10H2. The molecule has 23 heavy (non-hydrogen) atoms. The van der Waals surface area contributed by atoms with Gasteiger partial charge in [-0.15, -0.1) is 0 Å². The maximum atomic E-state index is 12.8. The number of aryl methyl sites for hydroxylation is 2. The molecule has 1 aliphatic rings. The Labute approximate surface area is 135 Å². The molecule has 0 fully saturated rings. The van der Waals surface area contributed by atoms with Crippen LogP contribution < -0.4 is 0 Å². The molecule has 0 bridgehead atoms. The van der Waals surface area contributed by atoms with Crippen LogP contribution in [0.2, 0.25) is 0 Å². The minimum atomic E-state index is -3.49. The average Bonchev–Trinajstić information content (AvgIpc) is 2.76. The van der Waals surface area contributed by atoms with Crippen LogP contribution in [0.1, 0.15) is 30.6 Å². The Bertz CT molecular complexity index is 953. The van der Waals surface area contributed by atoms with E-state index in [-0.39, 0.29) is 0 Å². The van der Waals surface area contributed by atoms with Gasteiger partial charge >= 0.3 is 0 Å². The van der Waals surface area contributed by atoms with E-state index in [1.54, 1.807) is 42.5 Å². The molecule has 4 rings (SSSR count). The summed E-state index contributed by atoms with van der Waals surface area (Å²) in [5, 5.41) is 0.957. The van der Waals surface area contributed by atoms with E-state index in [1.807, 2.05) is 6.07 Å². The highest BCUT2D eigenvalue weighted by Crippen LogP contribution is 2.33. The molecule has 0 aliphatic heterocycles. The number of rotatable bonds is 2. The van der Waals surface area contributed by atoms with Crippen LogP contribution >= 0.6 is 0 Å². The lowest BCUT2D eigenvalue weighted by Gasteiger charge is -2.05. The third-order valence-corrected chi connectivity index (χ3v) is 6.31. The van der Waals surface area contributed by atoms with E-state index >= 15 is 0 Å². The fraction of sp³-hybridized carbons (Fsp3) is 0.263. The second-order valence-corrected chi connectivity index (χ2v) is 7.99. The molecule has 0 amide bonds. The number of hydrogen-bond acceptors (Lipinski definition) is 3. The summed E-state index contributed by atoms with van der Waals surface area (Å²) < 4.78 is 31.6. The minimum absolute atomic E-state index is 0.328. The Hall–Kier alpha value is -2.07. The van der Waals surface area contributed by atoms with E-state index in [1.165, 1.54) is 12.0 Å². The number of hydrogen-bond donors (Lipinski definition) is 0. The maximum Gasteiger partial charge on any atom is 0.206 e. The van der Waals surface area contributed by atoms with Gasteiger partial charge in [-0.1, -0.05) is 24.6 Å². The van der Waals surface area contributed by atoms with Gasteiger partial charge in [0.2, 0.25) is 9.84 Å². The van der Waals surface area contributed by atoms with Gasteiger partial charge in [-0.2, -0.15) is 0 Å². The van der Waals surface area contributed by atoms with Crippen molar-refractivity contribution in [3.05, 3.63) is 59.9 Å². The largest absolute Gasteiger partial charge is 0.461 e. The fourth-order valence-electron chi connectivity index (χ4n) is 3.32. The van der Waals surface area contributed by atoms with E-state index in [9.17, 15) is 8.42 Å². The molecular weight excluding hydrogens is 308 g/mol. The van der Waals surface area contributed by atoms with Crippen LogP contribution in [0.15, 0.2) is 62.7 Å². The Morgan fingerprint density at radius 1 is 0.826 bits per heavy atom. The highest BCUT2D eigenvalue weighted by Gasteiger charge is 2.21. The quantitative estimate of drug-likeness (QED) is 0.650. The lowest BCUT2D eigenvalue weighted by atomic mass is 10.1. The third-order valence-electron chi connectivity index (χ3n) is 4.54. The molecule has 0 spiro atoms. The summed E-state index contributed by atoms with van der Waals surface area (Å²) in [6.07, 6.45) is 5.40. The fourth-order valence-corrected chi connectivity index (χ4v) is 4.63. The summed E-state index contributed by atoms with van der Waals surface area (Å²) in [6, 6.07) is 13.8. The van der Waals surface area contributed by atoms with Crippen molar-refractivity contribution in [1.29, 1.82) is 0 Å². The summed E-state index contributed by atoms with van der Waals surface area (Å²) in [5.41, 5.74) is 1.99. The van der Waals surface area contributed by atoms with Gasteiger partial charge in [0, 0.05) is 17.4 Å². The van der Waals surface area contributed by atoms with Gasteiger partial charge in [-0.25, -0.2) is 8.42 Å². The second kappa shape index (κ2) is 5.53. The number of furan rings is 1. The van der Waals surface area contributed by atoms with E-state index in [4.69, 9.17) is 4.42 Å². The van der Waals surface area contributed by atoms with Gasteiger partial charge in [0.25, 0.3) is 0 Å². The van der Waals surface area contributed by atoms with Crippen molar-refractivity contribution in [1.82, 2.24) is 0 Å². The molecule has 118 valence electrons. The van der Waals surface area contributed by atoms with Crippen molar-refractivity contribution in [3.63, 3.8) is 0 Å². The van der Waals surface area contributed by atoms with Crippen LogP contribution in [0.5, 0.6) is 0 Å². The van der Waals surface area contributed by atoms with Gasteiger partial charge in [-0.05, 0) is 49.6 Å². The number of fused-ring (bicyclic) bond motifs is 3. The van der Waals surface area contributed by atoms with Crippen molar-refractivity contribution >= 4 is 20.8 Å². The van der Waals surface area contributed by atoms with E-state index in [2.05, 4.69) is 0 Å². The van der Waals surface area contributed by atoms with Gasteiger partial charge in [-0.3, -0.25) is 0 Å². The normalized spacial score (nSPS) is 15.3. The Morgan fingerprint density at radius 3 is 2.43 bits per heavy atom. The predicted octanol–water partition coefficient (Wildman–Crippen LogP) is 4.53. The highest BCUT2D eigenvalue weighted by molar-refractivity contribution is 7.91. The summed E-state index contributed by atoms with van der Waals surface area (Å²) in [6.45, 7) is 0. The first-order valence-electron chi connectivity index (χ1n) is 8.01. The summed E-state index contributed by atoms with van der Waals surface area (Å²) >= 11 is 0. The topological polar surface area (TPSA) is 47.3 Å². The molecule has 1 aromatic heterocycles. The van der Waals surface area contributed by atoms with Gasteiger partial charge < -0.3 is 4.42 Å². The Balaban J connectivity index is 1.87. The van der Waals surface area contributed by atoms with Crippen molar-refractivity contribution in [2.24, 2.45) is 0 Å². The average molecular weight is 326 g/mol. The first-order valence-corrected chi connectivity index (χ1v) is 9.49. The molecule has 0 radical (unpaired) electrons. The van der Waals surface area contributed by atoms with Crippen molar-refractivity contribution in [2.45, 2.75) is 41.9 Å². The molecule has 0 saturated heterocycles. The molecule has 3 nitrogen and oxygen atoms in total. The lowest BCUT2D eigenvalue weighted by Crippen LogP contribution is -2.01. The third kappa shape index (κ3) is 2.47. The number of benzene rings is 2. The van der Waals surface area contributed by atoms with Gasteiger partial charge in [0.05, 0.1) is 9.79 Å². The monoisotopic (exact) mass is 326 g/mol. The van der Waals surface area contributed by atoms with Crippen LogP contribution in [0, 0.1) is 0 Å². The Morgan fingerprint density at radius 2 is 1.61 bits per heavy atom.